The van der Waals surface area contributed by atoms with Crippen molar-refractivity contribution in [2.24, 2.45) is 0 Å². The average Bonchev–Trinajstić information content (AvgIpc) is 2.64. The molecule has 0 unspecified atom stereocenters. The number of anilines is 1. The molecule has 0 amide bonds. The quantitative estimate of drug-likeness (QED) is 0.905. The van der Waals surface area contributed by atoms with Crippen LogP contribution in [0.2, 0.25) is 5.02 Å². The van der Waals surface area contributed by atoms with Gasteiger partial charge in [-0.1, -0.05) is 17.7 Å². The Labute approximate surface area is 114 Å². The molecule has 2 N–H and O–H groups in total. The second kappa shape index (κ2) is 4.70. The summed E-state index contributed by atoms with van der Waals surface area (Å²) in [5, 5.41) is 0.654. The van der Waals surface area contributed by atoms with Crippen LogP contribution >= 0.6 is 27.5 Å². The van der Waals surface area contributed by atoms with Crippen molar-refractivity contribution in [1.29, 1.82) is 0 Å². The van der Waals surface area contributed by atoms with Crippen LogP contribution in [0.1, 0.15) is 19.9 Å². The van der Waals surface area contributed by atoms with E-state index in [-0.39, 0.29) is 0 Å². The Balaban J connectivity index is 2.50. The van der Waals surface area contributed by atoms with Gasteiger partial charge in [-0.25, -0.2) is 4.98 Å². The van der Waals surface area contributed by atoms with Gasteiger partial charge in [0, 0.05) is 16.1 Å². The van der Waals surface area contributed by atoms with Crippen LogP contribution in [0, 0.1) is 0 Å². The molecule has 17 heavy (non-hydrogen) atoms. The first-order valence-electron chi connectivity index (χ1n) is 5.28. The second-order valence-electron chi connectivity index (χ2n) is 4.11. The third kappa shape index (κ3) is 2.33. The van der Waals surface area contributed by atoms with Crippen LogP contribution in [0.3, 0.4) is 0 Å². The molecule has 2 aromatic rings. The van der Waals surface area contributed by atoms with Gasteiger partial charge in [-0.05, 0) is 41.9 Å². The molecular formula is C12H13BrClN3. The molecule has 1 aromatic carbocycles. The van der Waals surface area contributed by atoms with Crippen LogP contribution in [0.5, 0.6) is 0 Å². The van der Waals surface area contributed by atoms with Gasteiger partial charge in [-0.3, -0.25) is 0 Å². The lowest BCUT2D eigenvalue weighted by atomic mass is 10.1. The highest BCUT2D eigenvalue weighted by Gasteiger charge is 2.12. The lowest BCUT2D eigenvalue weighted by Gasteiger charge is -2.09. The van der Waals surface area contributed by atoms with Crippen LogP contribution in [0.4, 0.5) is 5.82 Å². The first kappa shape index (κ1) is 12.5. The lowest BCUT2D eigenvalue weighted by Crippen LogP contribution is -2.04. The minimum Gasteiger partial charge on any atom is -0.383 e. The summed E-state index contributed by atoms with van der Waals surface area (Å²) in [5.74, 6) is 0.665. The Kier molecular flexibility index (Phi) is 3.45. The molecule has 0 radical (unpaired) electrons. The smallest absolute Gasteiger partial charge is 0.131 e. The van der Waals surface area contributed by atoms with Gasteiger partial charge >= 0.3 is 0 Å². The third-order valence-corrected chi connectivity index (χ3v) is 3.81. The van der Waals surface area contributed by atoms with E-state index in [1.54, 1.807) is 6.33 Å². The molecular weight excluding hydrogens is 302 g/mol. The molecule has 0 fully saturated rings. The Hall–Kier alpha value is -1.00. The minimum atomic E-state index is 0.294. The number of nitrogen functional groups attached to an aromatic ring is 1. The zero-order chi connectivity index (χ0) is 12.6. The van der Waals surface area contributed by atoms with Gasteiger partial charge < -0.3 is 10.3 Å². The van der Waals surface area contributed by atoms with Gasteiger partial charge in [0.25, 0.3) is 0 Å². The number of nitrogens with zero attached hydrogens (tertiary/aromatic N) is 2. The third-order valence-electron chi connectivity index (χ3n) is 2.58. The van der Waals surface area contributed by atoms with Gasteiger partial charge in [0.05, 0.1) is 11.3 Å². The molecule has 0 spiro atoms. The fourth-order valence-corrected chi connectivity index (χ4v) is 2.08. The molecule has 0 atom stereocenters. The monoisotopic (exact) mass is 313 g/mol. The molecule has 2 rings (SSSR count). The van der Waals surface area contributed by atoms with Crippen molar-refractivity contribution in [2.75, 3.05) is 5.73 Å². The van der Waals surface area contributed by atoms with E-state index >= 15 is 0 Å². The van der Waals surface area contributed by atoms with E-state index < -0.39 is 0 Å². The highest BCUT2D eigenvalue weighted by molar-refractivity contribution is 9.10. The van der Waals surface area contributed by atoms with Gasteiger partial charge in [-0.15, -0.1) is 0 Å². The molecule has 1 heterocycles. The number of nitrogens with two attached hydrogens (primary N) is 1. The van der Waals surface area contributed by atoms with Gasteiger partial charge in [0.15, 0.2) is 0 Å². The number of hydrogen-bond acceptors (Lipinski definition) is 2. The number of aromatic nitrogens is 2. The van der Waals surface area contributed by atoms with E-state index in [0.29, 0.717) is 16.9 Å². The Bertz CT molecular complexity index is 549. The van der Waals surface area contributed by atoms with E-state index in [2.05, 4.69) is 34.8 Å². The van der Waals surface area contributed by atoms with Crippen molar-refractivity contribution in [2.45, 2.75) is 19.9 Å². The summed E-state index contributed by atoms with van der Waals surface area (Å²) in [6.45, 7) is 4.13. The molecule has 3 nitrogen and oxygen atoms in total. The van der Waals surface area contributed by atoms with Crippen molar-refractivity contribution in [3.63, 3.8) is 0 Å². The largest absolute Gasteiger partial charge is 0.383 e. The SMILES string of the molecule is CC(C)n1cnc(-c2ccc(Br)c(Cl)c2)c1N. The van der Waals surface area contributed by atoms with Gasteiger partial charge in [0.1, 0.15) is 11.5 Å². The standard InChI is InChI=1S/C12H13BrClN3/c1-7(2)17-6-16-11(12(17)15)8-3-4-9(13)10(14)5-8/h3-7H,15H2,1-2H3. The molecule has 0 saturated heterocycles. The first-order chi connectivity index (χ1) is 8.00. The fourth-order valence-electron chi connectivity index (χ4n) is 1.65. The van der Waals surface area contributed by atoms with Crippen molar-refractivity contribution < 1.29 is 0 Å². The molecule has 0 saturated carbocycles. The van der Waals surface area contributed by atoms with Crippen LogP contribution in [0.25, 0.3) is 11.3 Å². The maximum Gasteiger partial charge on any atom is 0.131 e. The minimum absolute atomic E-state index is 0.294. The molecule has 0 aliphatic rings. The number of halogens is 2. The average molecular weight is 315 g/mol. The van der Waals surface area contributed by atoms with E-state index in [1.165, 1.54) is 0 Å². The maximum atomic E-state index is 6.07. The number of hydrogen-bond donors (Lipinski definition) is 1. The van der Waals surface area contributed by atoms with E-state index in [9.17, 15) is 0 Å². The van der Waals surface area contributed by atoms with Crippen molar-refractivity contribution in [3.8, 4) is 11.3 Å². The van der Waals surface area contributed by atoms with Crippen molar-refractivity contribution in [1.82, 2.24) is 9.55 Å². The summed E-state index contributed by atoms with van der Waals surface area (Å²) in [7, 11) is 0. The summed E-state index contributed by atoms with van der Waals surface area (Å²) < 4.78 is 2.80. The summed E-state index contributed by atoms with van der Waals surface area (Å²) >= 11 is 9.42. The number of rotatable bonds is 2. The van der Waals surface area contributed by atoms with Crippen LogP contribution in [0.15, 0.2) is 29.0 Å². The summed E-state index contributed by atoms with van der Waals surface area (Å²) in [6.07, 6.45) is 1.76. The number of imidazole rings is 1. The molecule has 0 bridgehead atoms. The lowest BCUT2D eigenvalue weighted by molar-refractivity contribution is 0.607. The molecule has 0 aliphatic heterocycles. The van der Waals surface area contributed by atoms with Crippen molar-refractivity contribution in [3.05, 3.63) is 34.0 Å². The Morgan fingerprint density at radius 3 is 2.65 bits per heavy atom. The molecule has 5 heteroatoms. The highest BCUT2D eigenvalue weighted by atomic mass is 79.9. The van der Waals surface area contributed by atoms with Crippen LogP contribution in [-0.2, 0) is 0 Å². The van der Waals surface area contributed by atoms with Gasteiger partial charge in [-0.2, -0.15) is 0 Å². The van der Waals surface area contributed by atoms with E-state index in [1.807, 2.05) is 22.8 Å². The Morgan fingerprint density at radius 1 is 1.41 bits per heavy atom. The zero-order valence-electron chi connectivity index (χ0n) is 9.61. The summed E-state index contributed by atoms with van der Waals surface area (Å²) in [5.41, 5.74) is 7.77. The Morgan fingerprint density at radius 2 is 2.12 bits per heavy atom. The van der Waals surface area contributed by atoms with Crippen LogP contribution in [-0.4, -0.2) is 9.55 Å². The summed E-state index contributed by atoms with van der Waals surface area (Å²) in [6, 6.07) is 5.99. The van der Waals surface area contributed by atoms with E-state index in [4.69, 9.17) is 17.3 Å². The van der Waals surface area contributed by atoms with Gasteiger partial charge in [0.2, 0.25) is 0 Å². The maximum absolute atomic E-state index is 6.07. The highest BCUT2D eigenvalue weighted by Crippen LogP contribution is 2.31. The van der Waals surface area contributed by atoms with Crippen molar-refractivity contribution >= 4 is 33.3 Å². The fraction of sp³-hybridized carbons (Fsp3) is 0.250. The zero-order valence-corrected chi connectivity index (χ0v) is 12.0. The molecule has 1 aromatic heterocycles. The topological polar surface area (TPSA) is 43.8 Å². The molecule has 90 valence electrons. The van der Waals surface area contributed by atoms with E-state index in [0.717, 1.165) is 15.7 Å². The number of benzene rings is 1. The predicted molar refractivity (Wildman–Crippen MR) is 75.2 cm³/mol. The normalized spacial score (nSPS) is 11.1. The first-order valence-corrected chi connectivity index (χ1v) is 6.45. The van der Waals surface area contributed by atoms with Crippen LogP contribution < -0.4 is 5.73 Å². The predicted octanol–water partition coefficient (Wildman–Crippen LogP) is 4.13. The second-order valence-corrected chi connectivity index (χ2v) is 5.37. The summed E-state index contributed by atoms with van der Waals surface area (Å²) in [4.78, 5) is 4.34. The molecule has 0 aliphatic carbocycles.